The zero-order valence-corrected chi connectivity index (χ0v) is 13.7. The molecule has 2 amide bonds. The second-order valence-electron chi connectivity index (χ2n) is 5.59. The Balaban J connectivity index is 2.00. The predicted molar refractivity (Wildman–Crippen MR) is 93.5 cm³/mol. The molecule has 0 radical (unpaired) electrons. The molecule has 0 aliphatic heterocycles. The number of aliphatic hydroxyl groups is 1. The Bertz CT molecular complexity index is 669. The van der Waals surface area contributed by atoms with Crippen molar-refractivity contribution in [3.63, 3.8) is 0 Å². The molecule has 24 heavy (non-hydrogen) atoms. The number of benzene rings is 2. The maximum Gasteiger partial charge on any atom is 0.226 e. The van der Waals surface area contributed by atoms with Crippen molar-refractivity contribution in [2.75, 3.05) is 11.9 Å². The zero-order valence-electron chi connectivity index (χ0n) is 13.7. The molecular weight excluding hydrogens is 304 g/mol. The lowest BCUT2D eigenvalue weighted by Gasteiger charge is -2.18. The Kier molecular flexibility index (Phi) is 6.51. The van der Waals surface area contributed by atoms with E-state index in [1.165, 1.54) is 6.92 Å². The molecule has 0 aliphatic carbocycles. The van der Waals surface area contributed by atoms with Crippen molar-refractivity contribution < 1.29 is 14.7 Å². The molecular formula is C19H22N2O3. The van der Waals surface area contributed by atoms with Gasteiger partial charge in [-0.15, -0.1) is 0 Å². The Labute approximate surface area is 141 Å². The number of hydrogen-bond acceptors (Lipinski definition) is 3. The SMILES string of the molecule is CC(=O)NC(CC(=O)Nc1ccc(CCO)cc1)c1ccccc1. The summed E-state index contributed by atoms with van der Waals surface area (Å²) in [5.41, 5.74) is 2.59. The van der Waals surface area contributed by atoms with Crippen LogP contribution in [-0.2, 0) is 16.0 Å². The number of hydrogen-bond donors (Lipinski definition) is 3. The molecule has 1 unspecified atom stereocenters. The summed E-state index contributed by atoms with van der Waals surface area (Å²) in [5.74, 6) is -0.350. The van der Waals surface area contributed by atoms with E-state index in [1.54, 1.807) is 12.1 Å². The molecule has 5 nitrogen and oxygen atoms in total. The molecule has 5 heteroatoms. The largest absolute Gasteiger partial charge is 0.396 e. The van der Waals surface area contributed by atoms with Gasteiger partial charge in [0.2, 0.25) is 11.8 Å². The van der Waals surface area contributed by atoms with Crippen molar-refractivity contribution in [1.29, 1.82) is 0 Å². The Morgan fingerprint density at radius 1 is 1.04 bits per heavy atom. The van der Waals surface area contributed by atoms with E-state index in [-0.39, 0.29) is 30.9 Å². The second-order valence-corrected chi connectivity index (χ2v) is 5.59. The van der Waals surface area contributed by atoms with Crippen molar-refractivity contribution in [3.8, 4) is 0 Å². The normalized spacial score (nSPS) is 11.6. The third kappa shape index (κ3) is 5.52. The molecule has 1 atom stereocenters. The van der Waals surface area contributed by atoms with Gasteiger partial charge in [0.15, 0.2) is 0 Å². The fourth-order valence-corrected chi connectivity index (χ4v) is 2.46. The van der Waals surface area contributed by atoms with Crippen LogP contribution in [0.15, 0.2) is 54.6 Å². The molecule has 0 heterocycles. The first-order valence-electron chi connectivity index (χ1n) is 7.90. The van der Waals surface area contributed by atoms with Crippen LogP contribution in [0.5, 0.6) is 0 Å². The van der Waals surface area contributed by atoms with E-state index >= 15 is 0 Å². The summed E-state index contributed by atoms with van der Waals surface area (Å²) in [5, 5.41) is 14.6. The summed E-state index contributed by atoms with van der Waals surface area (Å²) >= 11 is 0. The quantitative estimate of drug-likeness (QED) is 0.731. The minimum Gasteiger partial charge on any atom is -0.396 e. The molecule has 0 saturated heterocycles. The van der Waals surface area contributed by atoms with E-state index in [0.29, 0.717) is 12.1 Å². The molecule has 3 N–H and O–H groups in total. The van der Waals surface area contributed by atoms with Crippen LogP contribution in [0.3, 0.4) is 0 Å². The maximum absolute atomic E-state index is 12.3. The molecule has 0 fully saturated rings. The minimum absolute atomic E-state index is 0.0984. The van der Waals surface area contributed by atoms with Gasteiger partial charge in [-0.2, -0.15) is 0 Å². The fourth-order valence-electron chi connectivity index (χ4n) is 2.46. The standard InChI is InChI=1S/C19H22N2O3/c1-14(23)20-18(16-5-3-2-4-6-16)13-19(24)21-17-9-7-15(8-10-17)11-12-22/h2-10,18,22H,11-13H2,1H3,(H,20,23)(H,21,24). The average Bonchev–Trinajstić information content (AvgIpc) is 2.57. The molecule has 0 spiro atoms. The van der Waals surface area contributed by atoms with Gasteiger partial charge in [-0.05, 0) is 29.7 Å². The molecule has 126 valence electrons. The highest BCUT2D eigenvalue weighted by molar-refractivity contribution is 5.91. The molecule has 2 rings (SSSR count). The lowest BCUT2D eigenvalue weighted by molar-refractivity contribution is -0.120. The fraction of sp³-hybridized carbons (Fsp3) is 0.263. The summed E-state index contributed by atoms with van der Waals surface area (Å²) in [6.07, 6.45) is 0.745. The highest BCUT2D eigenvalue weighted by Crippen LogP contribution is 2.18. The number of aliphatic hydroxyl groups excluding tert-OH is 1. The highest BCUT2D eigenvalue weighted by Gasteiger charge is 2.17. The highest BCUT2D eigenvalue weighted by atomic mass is 16.3. The van der Waals surface area contributed by atoms with Gasteiger partial charge in [0, 0.05) is 19.2 Å². The molecule has 2 aromatic carbocycles. The Morgan fingerprint density at radius 3 is 2.29 bits per heavy atom. The van der Waals surface area contributed by atoms with E-state index < -0.39 is 0 Å². The average molecular weight is 326 g/mol. The summed E-state index contributed by atoms with van der Waals surface area (Å²) < 4.78 is 0. The molecule has 0 aliphatic rings. The van der Waals surface area contributed by atoms with Crippen LogP contribution in [-0.4, -0.2) is 23.5 Å². The minimum atomic E-state index is -0.364. The smallest absolute Gasteiger partial charge is 0.226 e. The van der Waals surface area contributed by atoms with Gasteiger partial charge in [-0.1, -0.05) is 42.5 Å². The molecule has 0 aromatic heterocycles. The van der Waals surface area contributed by atoms with Crippen molar-refractivity contribution in [3.05, 3.63) is 65.7 Å². The van der Waals surface area contributed by atoms with E-state index in [4.69, 9.17) is 5.11 Å². The number of anilines is 1. The first-order chi connectivity index (χ1) is 11.6. The second kappa shape index (κ2) is 8.84. The van der Waals surface area contributed by atoms with Gasteiger partial charge in [0.1, 0.15) is 0 Å². The van der Waals surface area contributed by atoms with Crippen LogP contribution in [0.25, 0.3) is 0 Å². The van der Waals surface area contributed by atoms with Gasteiger partial charge in [0.25, 0.3) is 0 Å². The molecule has 2 aromatic rings. The number of rotatable bonds is 7. The summed E-state index contributed by atoms with van der Waals surface area (Å²) in [6.45, 7) is 1.54. The van der Waals surface area contributed by atoms with Crippen molar-refractivity contribution >= 4 is 17.5 Å². The topological polar surface area (TPSA) is 78.4 Å². The predicted octanol–water partition coefficient (Wildman–Crippen LogP) is 2.43. The zero-order chi connectivity index (χ0) is 17.4. The monoisotopic (exact) mass is 326 g/mol. The maximum atomic E-state index is 12.3. The van der Waals surface area contributed by atoms with Crippen LogP contribution < -0.4 is 10.6 Å². The third-order valence-electron chi connectivity index (χ3n) is 3.61. The number of carbonyl (C=O) groups excluding carboxylic acids is 2. The summed E-state index contributed by atoms with van der Waals surface area (Å²) in [4.78, 5) is 23.7. The Hall–Kier alpha value is -2.66. The third-order valence-corrected chi connectivity index (χ3v) is 3.61. The van der Waals surface area contributed by atoms with E-state index in [0.717, 1.165) is 11.1 Å². The van der Waals surface area contributed by atoms with Crippen molar-refractivity contribution in [2.24, 2.45) is 0 Å². The lowest BCUT2D eigenvalue weighted by Crippen LogP contribution is -2.29. The summed E-state index contributed by atoms with van der Waals surface area (Å²) in [6, 6.07) is 16.4. The van der Waals surface area contributed by atoms with Gasteiger partial charge in [-0.25, -0.2) is 0 Å². The van der Waals surface area contributed by atoms with Gasteiger partial charge in [0.05, 0.1) is 12.5 Å². The molecule has 0 bridgehead atoms. The first kappa shape index (κ1) is 17.7. The van der Waals surface area contributed by atoms with Gasteiger partial charge < -0.3 is 15.7 Å². The van der Waals surface area contributed by atoms with Crippen LogP contribution in [0.4, 0.5) is 5.69 Å². The Morgan fingerprint density at radius 2 is 1.71 bits per heavy atom. The van der Waals surface area contributed by atoms with Crippen molar-refractivity contribution in [2.45, 2.75) is 25.8 Å². The van der Waals surface area contributed by atoms with E-state index in [9.17, 15) is 9.59 Å². The van der Waals surface area contributed by atoms with Gasteiger partial charge >= 0.3 is 0 Å². The number of nitrogens with one attached hydrogen (secondary N) is 2. The van der Waals surface area contributed by atoms with Crippen LogP contribution >= 0.6 is 0 Å². The van der Waals surface area contributed by atoms with Crippen LogP contribution in [0, 0.1) is 0 Å². The number of amides is 2. The van der Waals surface area contributed by atoms with Crippen molar-refractivity contribution in [1.82, 2.24) is 5.32 Å². The van der Waals surface area contributed by atoms with Gasteiger partial charge in [-0.3, -0.25) is 9.59 Å². The van der Waals surface area contributed by atoms with E-state index in [1.807, 2.05) is 42.5 Å². The lowest BCUT2D eigenvalue weighted by atomic mass is 10.0. The number of carbonyl (C=O) groups is 2. The van der Waals surface area contributed by atoms with Crippen LogP contribution in [0.1, 0.15) is 30.5 Å². The van der Waals surface area contributed by atoms with Crippen LogP contribution in [0.2, 0.25) is 0 Å². The van der Waals surface area contributed by atoms with E-state index in [2.05, 4.69) is 10.6 Å². The summed E-state index contributed by atoms with van der Waals surface area (Å²) in [7, 11) is 0. The molecule has 0 saturated carbocycles. The first-order valence-corrected chi connectivity index (χ1v) is 7.90.